The highest BCUT2D eigenvalue weighted by molar-refractivity contribution is 6.74. The summed E-state index contributed by atoms with van der Waals surface area (Å²) in [6, 6.07) is 7.69. The Balaban J connectivity index is 1.65. The number of aromatic nitrogens is 2. The number of methoxy groups -OCH3 is 1. The molecule has 0 unspecified atom stereocenters. The molecule has 1 aliphatic rings. The Bertz CT molecular complexity index is 737. The van der Waals surface area contributed by atoms with Crippen molar-refractivity contribution in [2.75, 3.05) is 13.7 Å². The first-order valence-corrected chi connectivity index (χ1v) is 12.0. The number of rotatable bonds is 5. The summed E-state index contributed by atoms with van der Waals surface area (Å²) < 4.78 is 17.2. The predicted octanol–water partition coefficient (Wildman–Crippen LogP) is 4.17. The zero-order valence-electron chi connectivity index (χ0n) is 16.5. The van der Waals surface area contributed by atoms with Gasteiger partial charge in [-0.25, -0.2) is 0 Å². The second-order valence-electron chi connectivity index (χ2n) is 8.38. The van der Waals surface area contributed by atoms with Crippen LogP contribution in [-0.4, -0.2) is 38.2 Å². The SMILES string of the molecule is COc1ccc(-c2noc([C@@H]3C[C@@H](O[Si](C)(C)C(C)(C)C)CN3)n2)cc1. The first-order valence-electron chi connectivity index (χ1n) is 9.09. The van der Waals surface area contributed by atoms with Crippen molar-refractivity contribution < 1.29 is 13.7 Å². The molecule has 2 aromatic rings. The molecule has 1 saturated heterocycles. The molecule has 1 aromatic carbocycles. The molecule has 1 aromatic heterocycles. The summed E-state index contributed by atoms with van der Waals surface area (Å²) in [7, 11) is -0.127. The molecular formula is C19H29N3O3Si. The lowest BCUT2D eigenvalue weighted by molar-refractivity contribution is 0.195. The van der Waals surface area contributed by atoms with E-state index in [1.807, 2.05) is 24.3 Å². The van der Waals surface area contributed by atoms with E-state index in [0.29, 0.717) is 11.7 Å². The van der Waals surface area contributed by atoms with Gasteiger partial charge in [0.25, 0.3) is 0 Å². The summed E-state index contributed by atoms with van der Waals surface area (Å²) in [4.78, 5) is 4.57. The van der Waals surface area contributed by atoms with E-state index in [1.165, 1.54) is 0 Å². The van der Waals surface area contributed by atoms with Crippen LogP contribution in [-0.2, 0) is 4.43 Å². The Morgan fingerprint density at radius 1 is 1.19 bits per heavy atom. The Kier molecular flexibility index (Phi) is 5.23. The van der Waals surface area contributed by atoms with Crippen molar-refractivity contribution in [2.45, 2.75) is 57.5 Å². The van der Waals surface area contributed by atoms with Crippen LogP contribution in [0.5, 0.6) is 5.75 Å². The van der Waals surface area contributed by atoms with Crippen LogP contribution in [0.4, 0.5) is 0 Å². The predicted molar refractivity (Wildman–Crippen MR) is 104 cm³/mol. The second-order valence-corrected chi connectivity index (χ2v) is 13.1. The molecule has 2 heterocycles. The molecule has 0 aliphatic carbocycles. The molecule has 1 N–H and O–H groups in total. The van der Waals surface area contributed by atoms with Crippen molar-refractivity contribution >= 4 is 8.32 Å². The van der Waals surface area contributed by atoms with Crippen LogP contribution in [0, 0.1) is 0 Å². The van der Waals surface area contributed by atoms with E-state index in [4.69, 9.17) is 13.7 Å². The van der Waals surface area contributed by atoms with Gasteiger partial charge >= 0.3 is 0 Å². The van der Waals surface area contributed by atoms with Gasteiger partial charge in [-0.1, -0.05) is 25.9 Å². The lowest BCUT2D eigenvalue weighted by atomic mass is 10.2. The van der Waals surface area contributed by atoms with Gasteiger partial charge in [-0.2, -0.15) is 4.98 Å². The van der Waals surface area contributed by atoms with E-state index in [1.54, 1.807) is 7.11 Å². The van der Waals surface area contributed by atoms with Crippen LogP contribution in [0.1, 0.15) is 39.1 Å². The third-order valence-electron chi connectivity index (χ3n) is 5.45. The smallest absolute Gasteiger partial charge is 0.244 e. The summed E-state index contributed by atoms with van der Waals surface area (Å²) >= 11 is 0. The minimum Gasteiger partial charge on any atom is -0.497 e. The summed E-state index contributed by atoms with van der Waals surface area (Å²) in [5.41, 5.74) is 0.910. The maximum absolute atomic E-state index is 6.50. The number of nitrogens with one attached hydrogen (secondary N) is 1. The van der Waals surface area contributed by atoms with Gasteiger partial charge in [0.2, 0.25) is 11.7 Å². The minimum atomic E-state index is -1.78. The average Bonchev–Trinajstić information content (AvgIpc) is 3.22. The van der Waals surface area contributed by atoms with Crippen molar-refractivity contribution in [2.24, 2.45) is 0 Å². The fourth-order valence-electron chi connectivity index (χ4n) is 2.81. The van der Waals surface area contributed by atoms with E-state index in [2.05, 4.69) is 49.3 Å². The molecule has 2 atom stereocenters. The van der Waals surface area contributed by atoms with Crippen LogP contribution >= 0.6 is 0 Å². The molecule has 6 nitrogen and oxygen atoms in total. The van der Waals surface area contributed by atoms with E-state index in [9.17, 15) is 0 Å². The van der Waals surface area contributed by atoms with E-state index in [-0.39, 0.29) is 17.2 Å². The van der Waals surface area contributed by atoms with Crippen molar-refractivity contribution in [1.29, 1.82) is 0 Å². The number of benzene rings is 1. The zero-order valence-corrected chi connectivity index (χ0v) is 17.5. The van der Waals surface area contributed by atoms with Gasteiger partial charge in [-0.3, -0.25) is 0 Å². The second kappa shape index (κ2) is 7.13. The fourth-order valence-corrected chi connectivity index (χ4v) is 4.18. The van der Waals surface area contributed by atoms with Crippen molar-refractivity contribution in [1.82, 2.24) is 15.5 Å². The van der Waals surface area contributed by atoms with Crippen LogP contribution < -0.4 is 10.1 Å². The van der Waals surface area contributed by atoms with Gasteiger partial charge < -0.3 is 19.0 Å². The number of nitrogens with zero attached hydrogens (tertiary/aromatic N) is 2. The summed E-state index contributed by atoms with van der Waals surface area (Å²) in [6.45, 7) is 12.2. The number of hydrogen-bond acceptors (Lipinski definition) is 6. The van der Waals surface area contributed by atoms with Crippen molar-refractivity contribution in [3.8, 4) is 17.1 Å². The normalized spacial score (nSPS) is 21.2. The molecule has 0 bridgehead atoms. The topological polar surface area (TPSA) is 69.4 Å². The first-order chi connectivity index (χ1) is 12.2. The molecule has 0 amide bonds. The summed E-state index contributed by atoms with van der Waals surface area (Å²) in [5, 5.41) is 7.79. The van der Waals surface area contributed by atoms with Crippen LogP contribution in [0.15, 0.2) is 28.8 Å². The quantitative estimate of drug-likeness (QED) is 0.791. The molecule has 7 heteroatoms. The van der Waals surface area contributed by atoms with Gasteiger partial charge in [0.15, 0.2) is 8.32 Å². The number of hydrogen-bond donors (Lipinski definition) is 1. The Morgan fingerprint density at radius 2 is 1.88 bits per heavy atom. The fraction of sp³-hybridized carbons (Fsp3) is 0.579. The van der Waals surface area contributed by atoms with Gasteiger partial charge in [-0.05, 0) is 48.8 Å². The Labute approximate surface area is 156 Å². The van der Waals surface area contributed by atoms with E-state index in [0.717, 1.165) is 24.3 Å². The molecule has 3 rings (SSSR count). The van der Waals surface area contributed by atoms with Gasteiger partial charge in [0.05, 0.1) is 19.3 Å². The van der Waals surface area contributed by atoms with Crippen LogP contribution in [0.2, 0.25) is 18.1 Å². The summed E-state index contributed by atoms with van der Waals surface area (Å²) in [6.07, 6.45) is 1.05. The van der Waals surface area contributed by atoms with Gasteiger partial charge in [0, 0.05) is 12.1 Å². The third kappa shape index (κ3) is 4.00. The van der Waals surface area contributed by atoms with Gasteiger partial charge in [-0.15, -0.1) is 0 Å². The molecule has 0 radical (unpaired) electrons. The van der Waals surface area contributed by atoms with Gasteiger partial charge in [0.1, 0.15) is 5.75 Å². The lowest BCUT2D eigenvalue weighted by Crippen LogP contribution is -2.44. The van der Waals surface area contributed by atoms with Crippen LogP contribution in [0.25, 0.3) is 11.4 Å². The zero-order chi connectivity index (χ0) is 18.9. The van der Waals surface area contributed by atoms with Crippen molar-refractivity contribution in [3.63, 3.8) is 0 Å². The molecule has 1 fully saturated rings. The first kappa shape index (κ1) is 19.1. The van der Waals surface area contributed by atoms with E-state index < -0.39 is 8.32 Å². The molecular weight excluding hydrogens is 346 g/mol. The Morgan fingerprint density at radius 3 is 2.50 bits per heavy atom. The molecule has 26 heavy (non-hydrogen) atoms. The highest BCUT2D eigenvalue weighted by Gasteiger charge is 2.41. The largest absolute Gasteiger partial charge is 0.497 e. The standard InChI is InChI=1S/C19H29N3O3Si/c1-19(2,3)26(5,6)25-15-11-16(20-12-15)18-21-17(22-24-18)13-7-9-14(23-4)10-8-13/h7-10,15-16,20H,11-12H2,1-6H3/t15-,16+/m1/s1. The maximum Gasteiger partial charge on any atom is 0.244 e. The van der Waals surface area contributed by atoms with E-state index >= 15 is 0 Å². The number of ether oxygens (including phenoxy) is 1. The molecule has 142 valence electrons. The average molecular weight is 376 g/mol. The molecule has 1 aliphatic heterocycles. The molecule has 0 spiro atoms. The van der Waals surface area contributed by atoms with Crippen LogP contribution in [0.3, 0.4) is 0 Å². The third-order valence-corrected chi connectivity index (χ3v) is 9.98. The maximum atomic E-state index is 6.50. The lowest BCUT2D eigenvalue weighted by Gasteiger charge is -2.38. The minimum absolute atomic E-state index is 0.0456. The highest BCUT2D eigenvalue weighted by Crippen LogP contribution is 2.39. The molecule has 0 saturated carbocycles. The summed E-state index contributed by atoms with van der Waals surface area (Å²) in [5.74, 6) is 2.02. The highest BCUT2D eigenvalue weighted by atomic mass is 28.4. The Hall–Kier alpha value is -1.70. The van der Waals surface area contributed by atoms with Crippen molar-refractivity contribution in [3.05, 3.63) is 30.2 Å². The monoisotopic (exact) mass is 375 g/mol.